The van der Waals surface area contributed by atoms with E-state index < -0.39 is 0 Å². The first kappa shape index (κ1) is 13.8. The maximum atomic E-state index is 6.10. The summed E-state index contributed by atoms with van der Waals surface area (Å²) in [5.41, 5.74) is 8.04. The minimum Gasteiger partial charge on any atom is -0.462 e. The van der Waals surface area contributed by atoms with Gasteiger partial charge in [-0.2, -0.15) is 9.97 Å². The quantitative estimate of drug-likeness (QED) is 0.803. The van der Waals surface area contributed by atoms with Crippen LogP contribution in [0.1, 0.15) is 0 Å². The molecule has 0 fully saturated rings. The summed E-state index contributed by atoms with van der Waals surface area (Å²) in [4.78, 5) is 8.89. The third kappa shape index (κ3) is 2.96. The molecule has 0 aliphatic carbocycles. The monoisotopic (exact) mass is 299 g/mol. The topological polar surface area (TPSA) is 61.0 Å². The predicted molar refractivity (Wildman–Crippen MR) is 84.5 cm³/mol. The Morgan fingerprint density at radius 3 is 2.62 bits per heavy atom. The van der Waals surface area contributed by atoms with E-state index in [0.29, 0.717) is 24.2 Å². The molecule has 0 amide bonds. The van der Waals surface area contributed by atoms with Crippen molar-refractivity contribution in [3.05, 3.63) is 53.6 Å². The zero-order chi connectivity index (χ0) is 14.7. The molecule has 0 atom stereocenters. The Morgan fingerprint density at radius 1 is 1.05 bits per heavy atom. The number of nitrogens with zero attached hydrogens (tertiary/aromatic N) is 2. The van der Waals surface area contributed by atoms with Gasteiger partial charge in [0.2, 0.25) is 0 Å². The highest BCUT2D eigenvalue weighted by atomic mass is 35.5. The van der Waals surface area contributed by atoms with E-state index in [1.165, 1.54) is 0 Å². The summed E-state index contributed by atoms with van der Waals surface area (Å²) in [5, 5.41) is 1.55. The van der Waals surface area contributed by atoms with Crippen LogP contribution in [0.15, 0.2) is 48.5 Å². The van der Waals surface area contributed by atoms with Crippen molar-refractivity contribution in [2.75, 3.05) is 13.2 Å². The molecule has 0 radical (unpaired) electrons. The molecule has 2 aromatic carbocycles. The summed E-state index contributed by atoms with van der Waals surface area (Å²) in [7, 11) is 0. The molecule has 21 heavy (non-hydrogen) atoms. The number of halogens is 1. The molecule has 5 heteroatoms. The number of nitrogens with two attached hydrogens (primary N) is 1. The van der Waals surface area contributed by atoms with Crippen LogP contribution in [-0.2, 0) is 0 Å². The number of hydrogen-bond acceptors (Lipinski definition) is 4. The summed E-state index contributed by atoms with van der Waals surface area (Å²) < 4.78 is 5.48. The van der Waals surface area contributed by atoms with E-state index in [9.17, 15) is 0 Å². The van der Waals surface area contributed by atoms with Gasteiger partial charge in [-0.25, -0.2) is 0 Å². The lowest BCUT2D eigenvalue weighted by molar-refractivity contribution is 0.304. The first-order valence-corrected chi connectivity index (χ1v) is 7.01. The van der Waals surface area contributed by atoms with Crippen molar-refractivity contribution in [2.24, 2.45) is 5.73 Å². The standard InChI is InChI=1S/C16H14ClN3O/c17-12-6-7-14-13(10-12)15(11-4-2-1-3-5-11)20-16(19-14)21-9-8-18/h1-7,10H,8-9,18H2. The van der Waals surface area contributed by atoms with Gasteiger partial charge in [0.15, 0.2) is 0 Å². The number of rotatable bonds is 4. The molecule has 3 aromatic rings. The van der Waals surface area contributed by atoms with Crippen LogP contribution in [0.25, 0.3) is 22.2 Å². The molecule has 3 rings (SSSR count). The highest BCUT2D eigenvalue weighted by Crippen LogP contribution is 2.29. The average Bonchev–Trinajstić information content (AvgIpc) is 2.53. The van der Waals surface area contributed by atoms with E-state index in [-0.39, 0.29) is 0 Å². The van der Waals surface area contributed by atoms with Gasteiger partial charge in [-0.1, -0.05) is 41.9 Å². The number of ether oxygens (including phenoxy) is 1. The number of aromatic nitrogens is 2. The van der Waals surface area contributed by atoms with Crippen molar-refractivity contribution < 1.29 is 4.74 Å². The van der Waals surface area contributed by atoms with Crippen LogP contribution in [0.5, 0.6) is 6.01 Å². The van der Waals surface area contributed by atoms with E-state index in [1.54, 1.807) is 6.07 Å². The molecule has 0 saturated heterocycles. The van der Waals surface area contributed by atoms with Crippen LogP contribution >= 0.6 is 11.6 Å². The maximum Gasteiger partial charge on any atom is 0.317 e. The van der Waals surface area contributed by atoms with E-state index >= 15 is 0 Å². The van der Waals surface area contributed by atoms with Gasteiger partial charge < -0.3 is 10.5 Å². The molecule has 0 unspecified atom stereocenters. The highest BCUT2D eigenvalue weighted by Gasteiger charge is 2.11. The minimum absolute atomic E-state index is 0.328. The third-order valence-electron chi connectivity index (χ3n) is 3.03. The fourth-order valence-corrected chi connectivity index (χ4v) is 2.28. The van der Waals surface area contributed by atoms with E-state index in [0.717, 1.165) is 22.2 Å². The fraction of sp³-hybridized carbons (Fsp3) is 0.125. The second kappa shape index (κ2) is 6.08. The lowest BCUT2D eigenvalue weighted by Gasteiger charge is -2.09. The van der Waals surface area contributed by atoms with Crippen LogP contribution in [0, 0.1) is 0 Å². The highest BCUT2D eigenvalue weighted by molar-refractivity contribution is 6.31. The maximum absolute atomic E-state index is 6.10. The van der Waals surface area contributed by atoms with Gasteiger partial charge in [0.05, 0.1) is 11.2 Å². The van der Waals surface area contributed by atoms with E-state index in [2.05, 4.69) is 9.97 Å². The molecule has 1 heterocycles. The summed E-state index contributed by atoms with van der Waals surface area (Å²) in [6.07, 6.45) is 0. The third-order valence-corrected chi connectivity index (χ3v) is 3.27. The second-order valence-electron chi connectivity index (χ2n) is 4.52. The summed E-state index contributed by atoms with van der Waals surface area (Å²) >= 11 is 6.10. The Balaban J connectivity index is 2.21. The van der Waals surface area contributed by atoms with Gasteiger partial charge in [0.1, 0.15) is 6.61 Å². The van der Waals surface area contributed by atoms with Crippen LogP contribution in [-0.4, -0.2) is 23.1 Å². The number of benzene rings is 2. The van der Waals surface area contributed by atoms with Gasteiger partial charge in [-0.05, 0) is 18.2 Å². The van der Waals surface area contributed by atoms with Crippen molar-refractivity contribution in [3.8, 4) is 17.3 Å². The van der Waals surface area contributed by atoms with Gasteiger partial charge in [-0.15, -0.1) is 0 Å². The summed E-state index contributed by atoms with van der Waals surface area (Å²) in [5.74, 6) is 0. The molecule has 106 valence electrons. The van der Waals surface area contributed by atoms with Gasteiger partial charge in [0.25, 0.3) is 0 Å². The van der Waals surface area contributed by atoms with Crippen LogP contribution in [0.2, 0.25) is 5.02 Å². The SMILES string of the molecule is NCCOc1nc(-c2ccccc2)c2cc(Cl)ccc2n1. The summed E-state index contributed by atoms with van der Waals surface area (Å²) in [6, 6.07) is 15.7. The molecular weight excluding hydrogens is 286 g/mol. The Bertz CT molecular complexity index is 762. The largest absolute Gasteiger partial charge is 0.462 e. The van der Waals surface area contributed by atoms with Crippen LogP contribution < -0.4 is 10.5 Å². The fourth-order valence-electron chi connectivity index (χ4n) is 2.11. The first-order valence-electron chi connectivity index (χ1n) is 6.63. The van der Waals surface area contributed by atoms with Gasteiger partial charge in [-0.3, -0.25) is 0 Å². The average molecular weight is 300 g/mol. The lowest BCUT2D eigenvalue weighted by Crippen LogP contribution is -2.12. The molecule has 0 spiro atoms. The van der Waals surface area contributed by atoms with Crippen molar-refractivity contribution >= 4 is 22.5 Å². The van der Waals surface area contributed by atoms with Crippen molar-refractivity contribution in [2.45, 2.75) is 0 Å². The Labute approximate surface area is 127 Å². The van der Waals surface area contributed by atoms with E-state index in [1.807, 2.05) is 42.5 Å². The normalized spacial score (nSPS) is 10.8. The van der Waals surface area contributed by atoms with Gasteiger partial charge >= 0.3 is 6.01 Å². The Kier molecular flexibility index (Phi) is 3.99. The van der Waals surface area contributed by atoms with Crippen LogP contribution in [0.3, 0.4) is 0 Å². The zero-order valence-electron chi connectivity index (χ0n) is 11.3. The molecular formula is C16H14ClN3O. The van der Waals surface area contributed by atoms with Gasteiger partial charge in [0, 0.05) is 22.5 Å². The molecule has 0 bridgehead atoms. The molecule has 0 aliphatic heterocycles. The first-order chi connectivity index (χ1) is 10.3. The minimum atomic E-state index is 0.328. The summed E-state index contributed by atoms with van der Waals surface area (Å²) in [6.45, 7) is 0.802. The van der Waals surface area contributed by atoms with E-state index in [4.69, 9.17) is 22.1 Å². The molecule has 2 N–H and O–H groups in total. The molecule has 4 nitrogen and oxygen atoms in total. The Morgan fingerprint density at radius 2 is 1.86 bits per heavy atom. The van der Waals surface area contributed by atoms with Crippen molar-refractivity contribution in [1.29, 1.82) is 0 Å². The van der Waals surface area contributed by atoms with Crippen molar-refractivity contribution in [3.63, 3.8) is 0 Å². The molecule has 0 aliphatic rings. The second-order valence-corrected chi connectivity index (χ2v) is 4.96. The Hall–Kier alpha value is -2.17. The number of fused-ring (bicyclic) bond motifs is 1. The van der Waals surface area contributed by atoms with Crippen molar-refractivity contribution in [1.82, 2.24) is 9.97 Å². The molecule has 0 saturated carbocycles. The zero-order valence-corrected chi connectivity index (χ0v) is 12.0. The lowest BCUT2D eigenvalue weighted by atomic mass is 10.1. The van der Waals surface area contributed by atoms with Crippen LogP contribution in [0.4, 0.5) is 0 Å². The number of hydrogen-bond donors (Lipinski definition) is 1. The predicted octanol–water partition coefficient (Wildman–Crippen LogP) is 3.29. The smallest absolute Gasteiger partial charge is 0.317 e. The molecule has 1 aromatic heterocycles.